The minimum atomic E-state index is -0.372. The summed E-state index contributed by atoms with van der Waals surface area (Å²) in [6.07, 6.45) is 4.88. The van der Waals surface area contributed by atoms with Gasteiger partial charge < -0.3 is 16.0 Å². The van der Waals surface area contributed by atoms with E-state index in [2.05, 4.69) is 10.3 Å². The maximum absolute atomic E-state index is 12.3. The van der Waals surface area contributed by atoms with Gasteiger partial charge in [-0.1, -0.05) is 12.8 Å². The van der Waals surface area contributed by atoms with Gasteiger partial charge in [0.15, 0.2) is 0 Å². The third kappa shape index (κ3) is 3.62. The average molecular weight is 316 g/mol. The van der Waals surface area contributed by atoms with E-state index in [-0.39, 0.29) is 22.6 Å². The molecule has 6 nitrogen and oxygen atoms in total. The quantitative estimate of drug-likeness (QED) is 0.757. The molecule has 0 unspecified atom stereocenters. The van der Waals surface area contributed by atoms with Gasteiger partial charge >= 0.3 is 0 Å². The number of nitrogens with zero attached hydrogens (tertiary/aromatic N) is 1. The molecule has 124 valence electrons. The van der Waals surface area contributed by atoms with Gasteiger partial charge in [-0.15, -0.1) is 0 Å². The molecule has 23 heavy (non-hydrogen) atoms. The number of H-pyrrole nitrogens is 1. The second-order valence-corrected chi connectivity index (χ2v) is 6.41. The van der Waals surface area contributed by atoms with Crippen molar-refractivity contribution in [1.82, 2.24) is 10.3 Å². The van der Waals surface area contributed by atoms with E-state index >= 15 is 0 Å². The Labute approximate surface area is 136 Å². The molecule has 1 fully saturated rings. The van der Waals surface area contributed by atoms with Crippen LogP contribution < -0.4 is 16.6 Å². The zero-order valence-corrected chi connectivity index (χ0v) is 13.8. The normalized spacial score (nSPS) is 16.1. The summed E-state index contributed by atoms with van der Waals surface area (Å²) in [5.41, 5.74) is 7.59. The van der Waals surface area contributed by atoms with Crippen LogP contribution in [0.15, 0.2) is 4.79 Å². The summed E-state index contributed by atoms with van der Waals surface area (Å²) in [7, 11) is 0. The molecule has 0 bridgehead atoms. The van der Waals surface area contributed by atoms with Gasteiger partial charge in [0.05, 0.1) is 5.54 Å². The molecule has 2 rings (SSSR count). The summed E-state index contributed by atoms with van der Waals surface area (Å²) in [6, 6.07) is 1.93. The molecule has 1 aliphatic rings. The fourth-order valence-electron chi connectivity index (χ4n) is 3.45. The molecule has 0 radical (unpaired) electrons. The summed E-state index contributed by atoms with van der Waals surface area (Å²) in [5, 5.41) is 12.2. The molecule has 1 amide bonds. The van der Waals surface area contributed by atoms with Crippen LogP contribution in [0.5, 0.6) is 0 Å². The number of nitrogens with one attached hydrogen (secondary N) is 2. The molecular formula is C17H24N4O2. The number of hydrogen-bond acceptors (Lipinski definition) is 4. The van der Waals surface area contributed by atoms with E-state index in [1.165, 1.54) is 0 Å². The lowest BCUT2D eigenvalue weighted by molar-refractivity contribution is -0.122. The van der Waals surface area contributed by atoms with Gasteiger partial charge in [-0.3, -0.25) is 9.59 Å². The minimum Gasteiger partial charge on any atom is -0.349 e. The molecule has 0 aromatic carbocycles. The zero-order chi connectivity index (χ0) is 17.0. The third-order valence-corrected chi connectivity index (χ3v) is 4.88. The van der Waals surface area contributed by atoms with Gasteiger partial charge in [0.25, 0.3) is 5.56 Å². The topological polar surface area (TPSA) is 112 Å². The van der Waals surface area contributed by atoms with E-state index in [1.807, 2.05) is 6.07 Å². The number of aromatic amines is 1. The number of aryl methyl sites for hydroxylation is 1. The molecule has 0 atom stereocenters. The molecule has 0 aliphatic heterocycles. The monoisotopic (exact) mass is 316 g/mol. The van der Waals surface area contributed by atoms with Gasteiger partial charge in [0.2, 0.25) is 5.91 Å². The van der Waals surface area contributed by atoms with Gasteiger partial charge in [0.1, 0.15) is 11.6 Å². The molecule has 0 spiro atoms. The van der Waals surface area contributed by atoms with Crippen LogP contribution >= 0.6 is 0 Å². The lowest BCUT2D eigenvalue weighted by Gasteiger charge is -2.28. The Morgan fingerprint density at radius 3 is 2.61 bits per heavy atom. The molecule has 1 aliphatic carbocycles. The van der Waals surface area contributed by atoms with Crippen LogP contribution in [0, 0.1) is 25.2 Å². The number of nitriles is 1. The fourth-order valence-corrected chi connectivity index (χ4v) is 3.45. The maximum atomic E-state index is 12.3. The molecule has 0 saturated heterocycles. The van der Waals surface area contributed by atoms with E-state index in [0.717, 1.165) is 31.2 Å². The average Bonchev–Trinajstić information content (AvgIpc) is 2.96. The van der Waals surface area contributed by atoms with E-state index in [4.69, 9.17) is 11.0 Å². The van der Waals surface area contributed by atoms with Gasteiger partial charge in [0, 0.05) is 18.7 Å². The van der Waals surface area contributed by atoms with Crippen molar-refractivity contribution in [3.8, 4) is 6.07 Å². The number of aromatic nitrogens is 1. The Balaban J connectivity index is 2.08. The zero-order valence-electron chi connectivity index (χ0n) is 13.8. The third-order valence-electron chi connectivity index (χ3n) is 4.88. The first-order chi connectivity index (χ1) is 10.9. The molecule has 1 aromatic heterocycles. The van der Waals surface area contributed by atoms with Crippen molar-refractivity contribution >= 4 is 5.91 Å². The number of carbonyl (C=O) groups is 1. The SMILES string of the molecule is Cc1[nH]c(=O)c(C#N)c(C)c1CCC(=O)NC1(CN)CCCC1. The number of pyridine rings is 1. The summed E-state index contributed by atoms with van der Waals surface area (Å²) in [6.45, 7) is 4.02. The van der Waals surface area contributed by atoms with Crippen molar-refractivity contribution < 1.29 is 4.79 Å². The van der Waals surface area contributed by atoms with E-state index in [9.17, 15) is 9.59 Å². The highest BCUT2D eigenvalue weighted by atomic mass is 16.1. The highest BCUT2D eigenvalue weighted by molar-refractivity contribution is 5.77. The Bertz CT molecular complexity index is 694. The number of nitrogens with two attached hydrogens (primary N) is 1. The van der Waals surface area contributed by atoms with Crippen LogP contribution in [0.25, 0.3) is 0 Å². The van der Waals surface area contributed by atoms with Gasteiger partial charge in [-0.25, -0.2) is 0 Å². The Hall–Kier alpha value is -2.13. The summed E-state index contributed by atoms with van der Waals surface area (Å²) >= 11 is 0. The van der Waals surface area contributed by atoms with Gasteiger partial charge in [-0.05, 0) is 44.2 Å². The first-order valence-electron chi connectivity index (χ1n) is 8.06. The smallest absolute Gasteiger partial charge is 0.266 e. The molecular weight excluding hydrogens is 292 g/mol. The first kappa shape index (κ1) is 17.2. The summed E-state index contributed by atoms with van der Waals surface area (Å²) < 4.78 is 0. The van der Waals surface area contributed by atoms with E-state index < -0.39 is 0 Å². The largest absolute Gasteiger partial charge is 0.349 e. The van der Waals surface area contributed by atoms with Crippen LogP contribution in [0.4, 0.5) is 0 Å². The van der Waals surface area contributed by atoms with E-state index in [0.29, 0.717) is 30.6 Å². The minimum absolute atomic E-state index is 0.0270. The van der Waals surface area contributed by atoms with Crippen LogP contribution in [0.2, 0.25) is 0 Å². The predicted molar refractivity (Wildman–Crippen MR) is 88.0 cm³/mol. The molecule has 1 aromatic rings. The van der Waals surface area contributed by atoms with Crippen LogP contribution in [0.3, 0.4) is 0 Å². The molecule has 1 saturated carbocycles. The Morgan fingerprint density at radius 1 is 1.39 bits per heavy atom. The highest BCUT2D eigenvalue weighted by Crippen LogP contribution is 2.28. The number of amides is 1. The maximum Gasteiger partial charge on any atom is 0.266 e. The van der Waals surface area contributed by atoms with Gasteiger partial charge in [-0.2, -0.15) is 5.26 Å². The van der Waals surface area contributed by atoms with Crippen LogP contribution in [0.1, 0.15) is 54.5 Å². The van der Waals surface area contributed by atoms with Crippen molar-refractivity contribution in [2.24, 2.45) is 5.73 Å². The van der Waals surface area contributed by atoms with Crippen molar-refractivity contribution in [3.05, 3.63) is 32.7 Å². The van der Waals surface area contributed by atoms with Crippen LogP contribution in [-0.2, 0) is 11.2 Å². The fraction of sp³-hybridized carbons (Fsp3) is 0.588. The van der Waals surface area contributed by atoms with E-state index in [1.54, 1.807) is 13.8 Å². The van der Waals surface area contributed by atoms with Crippen molar-refractivity contribution in [3.63, 3.8) is 0 Å². The number of rotatable bonds is 5. The van der Waals surface area contributed by atoms with Crippen molar-refractivity contribution in [1.29, 1.82) is 5.26 Å². The Kier molecular flexibility index (Phi) is 5.22. The van der Waals surface area contributed by atoms with Crippen LogP contribution in [-0.4, -0.2) is 23.0 Å². The second-order valence-electron chi connectivity index (χ2n) is 6.41. The number of hydrogen-bond donors (Lipinski definition) is 3. The molecule has 1 heterocycles. The van der Waals surface area contributed by atoms with Crippen molar-refractivity contribution in [2.45, 2.75) is 57.9 Å². The first-order valence-corrected chi connectivity index (χ1v) is 8.06. The number of carbonyl (C=O) groups excluding carboxylic acids is 1. The summed E-state index contributed by atoms with van der Waals surface area (Å²) in [5.74, 6) is -0.0270. The lowest BCUT2D eigenvalue weighted by atomic mass is 9.96. The summed E-state index contributed by atoms with van der Waals surface area (Å²) in [4.78, 5) is 26.7. The standard InChI is InChI=1S/C17H24N4O2/c1-11-13(12(2)20-16(23)14(11)9-18)5-6-15(22)21-17(10-19)7-3-4-8-17/h3-8,10,19H2,1-2H3,(H,20,23)(H,21,22). The second kappa shape index (κ2) is 6.97. The predicted octanol–water partition coefficient (Wildman–Crippen LogP) is 1.18. The molecule has 4 N–H and O–H groups in total. The molecule has 6 heteroatoms. The highest BCUT2D eigenvalue weighted by Gasteiger charge is 2.33. The van der Waals surface area contributed by atoms with Crippen molar-refractivity contribution in [2.75, 3.05) is 6.54 Å². The Morgan fingerprint density at radius 2 is 2.04 bits per heavy atom. The lowest BCUT2D eigenvalue weighted by Crippen LogP contribution is -2.51.